The topological polar surface area (TPSA) is 94.9 Å². The molecule has 1 rings (SSSR count). The van der Waals surface area contributed by atoms with Crippen molar-refractivity contribution in [2.75, 3.05) is 35.0 Å². The highest BCUT2D eigenvalue weighted by Gasteiger charge is 2.46. The number of rotatable bonds is 6. The van der Waals surface area contributed by atoms with Gasteiger partial charge < -0.3 is 23.7 Å². The molecule has 1 aliphatic rings. The number of hydrogen-bond acceptors (Lipinski definition) is 6. The predicted octanol–water partition coefficient (Wildman–Crippen LogP) is 0.713. The van der Waals surface area contributed by atoms with Gasteiger partial charge in [0.05, 0.1) is 12.6 Å². The molecule has 5 atom stereocenters. The quantitative estimate of drug-likeness (QED) is 0.398. The van der Waals surface area contributed by atoms with Crippen LogP contribution >= 0.6 is 0 Å². The lowest BCUT2D eigenvalue weighted by atomic mass is 9.98. The van der Waals surface area contributed by atoms with Gasteiger partial charge in [-0.15, -0.1) is 0 Å². The van der Waals surface area contributed by atoms with Crippen molar-refractivity contribution in [3.05, 3.63) is 10.4 Å². The molecule has 0 bridgehead atoms. The lowest BCUT2D eigenvalue weighted by Gasteiger charge is -2.43. The predicted molar refractivity (Wildman–Crippen MR) is 62.1 cm³/mol. The molecule has 0 radical (unpaired) electrons. The standard InChI is InChI=1S/C10H19N3O5/c1-14-7-6(5-12-13-11)18-10(17-4)9(16-3)8(7)15-2/h6-10H,5H2,1-4H3. The summed E-state index contributed by atoms with van der Waals surface area (Å²) in [4.78, 5) is 2.72. The second kappa shape index (κ2) is 7.52. The summed E-state index contributed by atoms with van der Waals surface area (Å²) in [7, 11) is 6.17. The second-order valence-electron chi connectivity index (χ2n) is 3.79. The molecule has 104 valence electrons. The Labute approximate surface area is 106 Å². The van der Waals surface area contributed by atoms with Crippen molar-refractivity contribution in [3.8, 4) is 0 Å². The minimum atomic E-state index is -0.592. The zero-order valence-corrected chi connectivity index (χ0v) is 11.0. The highest BCUT2D eigenvalue weighted by molar-refractivity contribution is 4.93. The fourth-order valence-electron chi connectivity index (χ4n) is 2.13. The van der Waals surface area contributed by atoms with E-state index in [1.54, 1.807) is 21.3 Å². The minimum Gasteiger partial charge on any atom is -0.376 e. The molecule has 18 heavy (non-hydrogen) atoms. The SMILES string of the molecule is COC1OC(CN=[N+]=[N-])C(OC)C(OC)C1OC. The van der Waals surface area contributed by atoms with Gasteiger partial charge in [-0.3, -0.25) is 0 Å². The van der Waals surface area contributed by atoms with Crippen molar-refractivity contribution >= 4 is 0 Å². The van der Waals surface area contributed by atoms with Crippen LogP contribution in [0, 0.1) is 0 Å². The lowest BCUT2D eigenvalue weighted by molar-refractivity contribution is -0.300. The molecule has 1 saturated heterocycles. The lowest BCUT2D eigenvalue weighted by Crippen LogP contribution is -2.60. The van der Waals surface area contributed by atoms with Crippen LogP contribution in [0.3, 0.4) is 0 Å². The number of hydrogen-bond donors (Lipinski definition) is 0. The van der Waals surface area contributed by atoms with Crippen molar-refractivity contribution in [1.82, 2.24) is 0 Å². The molecular formula is C10H19N3O5. The fraction of sp³-hybridized carbons (Fsp3) is 1.00. The first kappa shape index (κ1) is 15.2. The Morgan fingerprint density at radius 3 is 2.06 bits per heavy atom. The number of nitrogens with zero attached hydrogens (tertiary/aromatic N) is 3. The van der Waals surface area contributed by atoms with Gasteiger partial charge in [-0.2, -0.15) is 0 Å². The largest absolute Gasteiger partial charge is 0.376 e. The summed E-state index contributed by atoms with van der Waals surface area (Å²) >= 11 is 0. The first-order valence-corrected chi connectivity index (χ1v) is 5.51. The molecule has 0 saturated carbocycles. The van der Waals surface area contributed by atoms with Crippen molar-refractivity contribution in [3.63, 3.8) is 0 Å². The molecular weight excluding hydrogens is 242 g/mol. The normalized spacial score (nSPS) is 36.1. The fourth-order valence-corrected chi connectivity index (χ4v) is 2.13. The van der Waals surface area contributed by atoms with Crippen LogP contribution in [0.1, 0.15) is 0 Å². The highest BCUT2D eigenvalue weighted by Crippen LogP contribution is 2.27. The van der Waals surface area contributed by atoms with Crippen LogP contribution in [0.15, 0.2) is 5.11 Å². The molecule has 0 amide bonds. The zero-order chi connectivity index (χ0) is 13.5. The maximum Gasteiger partial charge on any atom is 0.186 e. The van der Waals surface area contributed by atoms with Gasteiger partial charge in [0.15, 0.2) is 6.29 Å². The summed E-state index contributed by atoms with van der Waals surface area (Å²) in [6.45, 7) is 0.144. The summed E-state index contributed by atoms with van der Waals surface area (Å²) in [5.74, 6) is 0. The zero-order valence-electron chi connectivity index (χ0n) is 11.0. The molecule has 0 aromatic heterocycles. The molecule has 8 heteroatoms. The Kier molecular flexibility index (Phi) is 6.34. The first-order chi connectivity index (χ1) is 8.73. The molecule has 0 spiro atoms. The van der Waals surface area contributed by atoms with Gasteiger partial charge in [0.25, 0.3) is 0 Å². The summed E-state index contributed by atoms with van der Waals surface area (Å²) in [5.41, 5.74) is 8.37. The summed E-state index contributed by atoms with van der Waals surface area (Å²) in [6.07, 6.45) is -2.20. The summed E-state index contributed by atoms with van der Waals surface area (Å²) in [5, 5.41) is 3.51. The van der Waals surface area contributed by atoms with E-state index in [1.807, 2.05) is 0 Å². The molecule has 5 unspecified atom stereocenters. The maximum absolute atomic E-state index is 8.37. The van der Waals surface area contributed by atoms with E-state index in [4.69, 9.17) is 29.2 Å². The molecule has 0 aromatic rings. The number of methoxy groups -OCH3 is 4. The van der Waals surface area contributed by atoms with Crippen LogP contribution in [0.2, 0.25) is 0 Å². The van der Waals surface area contributed by atoms with E-state index >= 15 is 0 Å². The van der Waals surface area contributed by atoms with Crippen LogP contribution in [-0.4, -0.2) is 65.7 Å². The van der Waals surface area contributed by atoms with Gasteiger partial charge in [0.2, 0.25) is 0 Å². The van der Waals surface area contributed by atoms with Crippen LogP contribution in [0.5, 0.6) is 0 Å². The van der Waals surface area contributed by atoms with E-state index in [1.165, 1.54) is 7.11 Å². The monoisotopic (exact) mass is 261 g/mol. The molecule has 1 heterocycles. The molecule has 0 N–H and O–H groups in total. The highest BCUT2D eigenvalue weighted by atomic mass is 16.7. The average molecular weight is 261 g/mol. The maximum atomic E-state index is 8.37. The van der Waals surface area contributed by atoms with E-state index in [0.29, 0.717) is 0 Å². The Bertz CT molecular complexity index is 297. The Balaban J connectivity index is 2.90. The van der Waals surface area contributed by atoms with Gasteiger partial charge in [-0.1, -0.05) is 5.11 Å². The van der Waals surface area contributed by atoms with E-state index in [2.05, 4.69) is 10.0 Å². The third kappa shape index (κ3) is 3.11. The molecule has 8 nitrogen and oxygen atoms in total. The minimum absolute atomic E-state index is 0.144. The third-order valence-corrected chi connectivity index (χ3v) is 2.96. The third-order valence-electron chi connectivity index (χ3n) is 2.96. The van der Waals surface area contributed by atoms with Crippen molar-refractivity contribution in [1.29, 1.82) is 0 Å². The Morgan fingerprint density at radius 1 is 1.00 bits per heavy atom. The number of ether oxygens (including phenoxy) is 5. The van der Waals surface area contributed by atoms with Gasteiger partial charge in [0.1, 0.15) is 18.3 Å². The average Bonchev–Trinajstić information content (AvgIpc) is 2.42. The van der Waals surface area contributed by atoms with Crippen LogP contribution in [0.25, 0.3) is 10.4 Å². The van der Waals surface area contributed by atoms with E-state index < -0.39 is 24.6 Å². The van der Waals surface area contributed by atoms with E-state index in [-0.39, 0.29) is 12.6 Å². The smallest absolute Gasteiger partial charge is 0.186 e. The Hall–Kier alpha value is -0.890. The van der Waals surface area contributed by atoms with Gasteiger partial charge in [-0.05, 0) is 5.53 Å². The van der Waals surface area contributed by atoms with Crippen LogP contribution in [-0.2, 0) is 23.7 Å². The van der Waals surface area contributed by atoms with Crippen LogP contribution in [0.4, 0.5) is 0 Å². The number of azide groups is 1. The van der Waals surface area contributed by atoms with Gasteiger partial charge in [-0.25, -0.2) is 0 Å². The molecule has 1 fully saturated rings. The Morgan fingerprint density at radius 2 is 1.61 bits per heavy atom. The molecule has 1 aliphatic heterocycles. The molecule has 0 aliphatic carbocycles. The summed E-state index contributed by atoms with van der Waals surface area (Å²) in [6, 6.07) is 0. The van der Waals surface area contributed by atoms with E-state index in [9.17, 15) is 0 Å². The van der Waals surface area contributed by atoms with Crippen molar-refractivity contribution in [2.24, 2.45) is 5.11 Å². The van der Waals surface area contributed by atoms with Gasteiger partial charge in [0, 0.05) is 33.4 Å². The summed E-state index contributed by atoms with van der Waals surface area (Å²) < 4.78 is 27.0. The van der Waals surface area contributed by atoms with Crippen molar-refractivity contribution < 1.29 is 23.7 Å². The van der Waals surface area contributed by atoms with E-state index in [0.717, 1.165) is 0 Å². The first-order valence-electron chi connectivity index (χ1n) is 5.51. The molecule has 0 aromatic carbocycles. The van der Waals surface area contributed by atoms with Gasteiger partial charge >= 0.3 is 0 Å². The van der Waals surface area contributed by atoms with Crippen LogP contribution < -0.4 is 0 Å². The van der Waals surface area contributed by atoms with Crippen molar-refractivity contribution in [2.45, 2.75) is 30.7 Å². The second-order valence-corrected chi connectivity index (χ2v) is 3.79.